The zero-order valence-corrected chi connectivity index (χ0v) is 13.2. The van der Waals surface area contributed by atoms with Gasteiger partial charge in [0.15, 0.2) is 0 Å². The molecular weight excluding hydrogens is 311 g/mol. The Bertz CT molecular complexity index is 666. The molecule has 0 spiro atoms. The quantitative estimate of drug-likeness (QED) is 0.908. The summed E-state index contributed by atoms with van der Waals surface area (Å²) in [6.07, 6.45) is 3.43. The van der Waals surface area contributed by atoms with Crippen molar-refractivity contribution in [3.63, 3.8) is 0 Å². The van der Waals surface area contributed by atoms with Gasteiger partial charge in [-0.25, -0.2) is 14.4 Å². The van der Waals surface area contributed by atoms with Gasteiger partial charge in [0, 0.05) is 31.9 Å². The Kier molecular flexibility index (Phi) is 5.32. The minimum Gasteiger partial charge on any atom is -0.370 e. The Hall–Kier alpha value is -2.54. The van der Waals surface area contributed by atoms with Gasteiger partial charge in [0.25, 0.3) is 0 Å². The Morgan fingerprint density at radius 2 is 2.04 bits per heavy atom. The average molecular weight is 330 g/mol. The summed E-state index contributed by atoms with van der Waals surface area (Å²) in [6.45, 7) is 2.00. The van der Waals surface area contributed by atoms with Crippen LogP contribution in [0.15, 0.2) is 42.7 Å². The summed E-state index contributed by atoms with van der Waals surface area (Å²) in [5.41, 5.74) is 0.879. The first-order chi connectivity index (χ1) is 11.7. The number of nitrogens with one attached hydrogen (secondary N) is 1. The first-order valence-electron chi connectivity index (χ1n) is 7.88. The summed E-state index contributed by atoms with van der Waals surface area (Å²) in [5, 5.41) is 3.02. The maximum atomic E-state index is 13.0. The maximum absolute atomic E-state index is 13.0. The summed E-state index contributed by atoms with van der Waals surface area (Å²) in [4.78, 5) is 22.2. The van der Waals surface area contributed by atoms with E-state index in [2.05, 4.69) is 15.3 Å². The van der Waals surface area contributed by atoms with Crippen molar-refractivity contribution in [3.05, 3.63) is 54.1 Å². The van der Waals surface area contributed by atoms with Gasteiger partial charge >= 0.3 is 0 Å². The van der Waals surface area contributed by atoms with E-state index in [1.807, 2.05) is 0 Å². The molecule has 6 nitrogen and oxygen atoms in total. The van der Waals surface area contributed by atoms with Gasteiger partial charge in [0.05, 0.1) is 13.2 Å². The predicted molar refractivity (Wildman–Crippen MR) is 86.8 cm³/mol. The van der Waals surface area contributed by atoms with Gasteiger partial charge in [0.1, 0.15) is 11.9 Å². The van der Waals surface area contributed by atoms with Crippen LogP contribution < -0.4 is 5.32 Å². The largest absolute Gasteiger partial charge is 0.370 e. The molecule has 1 aliphatic heterocycles. The van der Waals surface area contributed by atoms with Crippen LogP contribution in [0, 0.1) is 5.82 Å². The van der Waals surface area contributed by atoms with Crippen LogP contribution in [0.1, 0.15) is 18.1 Å². The molecule has 1 atom stereocenters. The molecule has 2 heterocycles. The number of rotatable bonds is 5. The van der Waals surface area contributed by atoms with Gasteiger partial charge in [-0.2, -0.15) is 0 Å². The van der Waals surface area contributed by atoms with E-state index in [1.54, 1.807) is 35.5 Å². The van der Waals surface area contributed by atoms with E-state index in [4.69, 9.17) is 4.74 Å². The van der Waals surface area contributed by atoms with Crippen molar-refractivity contribution in [2.45, 2.75) is 12.5 Å². The Morgan fingerprint density at radius 3 is 2.79 bits per heavy atom. The van der Waals surface area contributed by atoms with Gasteiger partial charge in [-0.15, -0.1) is 0 Å². The molecule has 3 rings (SSSR count). The molecule has 0 bridgehead atoms. The lowest BCUT2D eigenvalue weighted by molar-refractivity contribution is -0.138. The number of halogens is 1. The van der Waals surface area contributed by atoms with Crippen LogP contribution in [0.5, 0.6) is 0 Å². The fourth-order valence-corrected chi connectivity index (χ4v) is 2.58. The lowest BCUT2D eigenvalue weighted by atomic mass is 10.1. The smallest absolute Gasteiger partial charge is 0.224 e. The predicted octanol–water partition coefficient (Wildman–Crippen LogP) is 2.02. The molecule has 1 saturated heterocycles. The number of anilines is 1. The van der Waals surface area contributed by atoms with Gasteiger partial charge < -0.3 is 15.0 Å². The van der Waals surface area contributed by atoms with Crippen molar-refractivity contribution in [1.29, 1.82) is 0 Å². The molecule has 0 aliphatic carbocycles. The summed E-state index contributed by atoms with van der Waals surface area (Å²) in [7, 11) is 0. The highest BCUT2D eigenvalue weighted by molar-refractivity contribution is 5.76. The van der Waals surface area contributed by atoms with Crippen LogP contribution in [0.3, 0.4) is 0 Å². The lowest BCUT2D eigenvalue weighted by Gasteiger charge is -2.33. The van der Waals surface area contributed by atoms with Crippen molar-refractivity contribution < 1.29 is 13.9 Å². The van der Waals surface area contributed by atoms with Crippen LogP contribution >= 0.6 is 0 Å². The van der Waals surface area contributed by atoms with E-state index in [1.165, 1.54) is 12.1 Å². The second kappa shape index (κ2) is 7.83. The highest BCUT2D eigenvalue weighted by Crippen LogP contribution is 2.22. The van der Waals surface area contributed by atoms with Crippen LogP contribution in [0.2, 0.25) is 0 Å². The van der Waals surface area contributed by atoms with Gasteiger partial charge in [-0.05, 0) is 23.8 Å². The third-order valence-corrected chi connectivity index (χ3v) is 3.85. The van der Waals surface area contributed by atoms with E-state index < -0.39 is 0 Å². The third kappa shape index (κ3) is 4.26. The molecule has 0 saturated carbocycles. The Morgan fingerprint density at radius 1 is 1.29 bits per heavy atom. The van der Waals surface area contributed by atoms with E-state index in [-0.39, 0.29) is 17.8 Å². The van der Waals surface area contributed by atoms with Crippen molar-refractivity contribution in [1.82, 2.24) is 14.9 Å². The van der Waals surface area contributed by atoms with E-state index in [9.17, 15) is 9.18 Å². The molecule has 1 fully saturated rings. The lowest BCUT2D eigenvalue weighted by Crippen LogP contribution is -2.42. The number of aromatic nitrogens is 2. The average Bonchev–Trinajstić information content (AvgIpc) is 2.63. The number of amides is 1. The molecule has 1 aromatic heterocycles. The summed E-state index contributed by atoms with van der Waals surface area (Å²) < 4.78 is 18.7. The topological polar surface area (TPSA) is 67.4 Å². The molecule has 1 aliphatic rings. The third-order valence-electron chi connectivity index (χ3n) is 3.85. The van der Waals surface area contributed by atoms with Crippen LogP contribution in [-0.2, 0) is 9.53 Å². The molecule has 126 valence electrons. The molecule has 7 heteroatoms. The molecule has 0 radical (unpaired) electrons. The number of benzene rings is 1. The van der Waals surface area contributed by atoms with Crippen molar-refractivity contribution >= 4 is 11.9 Å². The van der Waals surface area contributed by atoms with Gasteiger partial charge in [-0.3, -0.25) is 4.79 Å². The normalized spacial score (nSPS) is 17.5. The number of hydrogen-bond donors (Lipinski definition) is 1. The molecule has 1 aromatic carbocycles. The minimum atomic E-state index is -0.281. The SMILES string of the molecule is O=C(CCNc1ncccn1)N1CCO[C@H](c2ccc(F)cc2)C1. The van der Waals surface area contributed by atoms with Crippen molar-refractivity contribution in [2.24, 2.45) is 0 Å². The Labute approximate surface area is 139 Å². The summed E-state index contributed by atoms with van der Waals surface area (Å²) in [6, 6.07) is 7.94. The Balaban J connectivity index is 1.50. The fraction of sp³-hybridized carbons (Fsp3) is 0.353. The molecule has 0 unspecified atom stereocenters. The first-order valence-corrected chi connectivity index (χ1v) is 7.88. The molecule has 2 aromatic rings. The van der Waals surface area contributed by atoms with E-state index in [0.717, 1.165) is 5.56 Å². The highest BCUT2D eigenvalue weighted by atomic mass is 19.1. The fourth-order valence-electron chi connectivity index (χ4n) is 2.58. The summed E-state index contributed by atoms with van der Waals surface area (Å²) >= 11 is 0. The number of carbonyl (C=O) groups excluding carboxylic acids is 1. The molecule has 24 heavy (non-hydrogen) atoms. The molecule has 1 amide bonds. The number of carbonyl (C=O) groups is 1. The van der Waals surface area contributed by atoms with Crippen LogP contribution in [0.4, 0.5) is 10.3 Å². The number of ether oxygens (including phenoxy) is 1. The number of morpholine rings is 1. The first kappa shape index (κ1) is 16.3. The van der Waals surface area contributed by atoms with Gasteiger partial charge in [-0.1, -0.05) is 12.1 Å². The molecule has 1 N–H and O–H groups in total. The number of nitrogens with zero attached hydrogens (tertiary/aromatic N) is 3. The standard InChI is InChI=1S/C17H19FN4O2/c18-14-4-2-13(3-5-14)15-12-22(10-11-24-15)16(23)6-9-21-17-19-7-1-8-20-17/h1-5,7-8,15H,6,9-12H2,(H,19,20,21)/t15-/m0/s1. The monoisotopic (exact) mass is 330 g/mol. The minimum absolute atomic E-state index is 0.0499. The van der Waals surface area contributed by atoms with Gasteiger partial charge in [0.2, 0.25) is 11.9 Å². The molecular formula is C17H19FN4O2. The van der Waals surface area contributed by atoms with Crippen LogP contribution in [-0.4, -0.2) is 47.0 Å². The van der Waals surface area contributed by atoms with E-state index >= 15 is 0 Å². The number of hydrogen-bond acceptors (Lipinski definition) is 5. The second-order valence-corrected chi connectivity index (χ2v) is 5.50. The van der Waals surface area contributed by atoms with E-state index in [0.29, 0.717) is 38.6 Å². The van der Waals surface area contributed by atoms with Crippen molar-refractivity contribution in [2.75, 3.05) is 31.6 Å². The summed E-state index contributed by atoms with van der Waals surface area (Å²) in [5.74, 6) is 0.280. The zero-order valence-electron chi connectivity index (χ0n) is 13.2. The van der Waals surface area contributed by atoms with Crippen LogP contribution in [0.25, 0.3) is 0 Å². The zero-order chi connectivity index (χ0) is 16.8. The second-order valence-electron chi connectivity index (χ2n) is 5.50. The highest BCUT2D eigenvalue weighted by Gasteiger charge is 2.25. The maximum Gasteiger partial charge on any atom is 0.224 e. The van der Waals surface area contributed by atoms with Crippen molar-refractivity contribution in [3.8, 4) is 0 Å².